The number of halogens is 1. The van der Waals surface area contributed by atoms with Gasteiger partial charge in [0.1, 0.15) is 23.7 Å². The zero-order chi connectivity index (χ0) is 24.1. The summed E-state index contributed by atoms with van der Waals surface area (Å²) >= 11 is 3.40. The maximum Gasteiger partial charge on any atom is 0.272 e. The summed E-state index contributed by atoms with van der Waals surface area (Å²) in [6.45, 7) is 0.582. The fourth-order valence-electron chi connectivity index (χ4n) is 4.90. The molecule has 2 aliphatic rings. The molecule has 182 valence electrons. The van der Waals surface area contributed by atoms with Crippen molar-refractivity contribution in [2.45, 2.75) is 63.5 Å². The Morgan fingerprint density at radius 1 is 1.15 bits per heavy atom. The number of nitrogens with zero attached hydrogens (tertiary/aromatic N) is 2. The molecule has 3 N–H and O–H groups in total. The first-order valence-electron chi connectivity index (χ1n) is 11.9. The number of fused-ring (bicyclic) bond motifs is 1. The minimum absolute atomic E-state index is 0.0911. The van der Waals surface area contributed by atoms with Gasteiger partial charge in [-0.3, -0.25) is 14.4 Å². The van der Waals surface area contributed by atoms with Crippen molar-refractivity contribution in [3.05, 3.63) is 34.7 Å². The lowest BCUT2D eigenvalue weighted by Crippen LogP contribution is -2.51. The molecule has 1 aliphatic heterocycles. The van der Waals surface area contributed by atoms with E-state index in [9.17, 15) is 19.2 Å². The highest BCUT2D eigenvalue weighted by Gasteiger charge is 2.31. The Bertz CT molecular complexity index is 1060. The highest BCUT2D eigenvalue weighted by atomic mass is 79.9. The highest BCUT2D eigenvalue weighted by Crippen LogP contribution is 2.27. The topological polar surface area (TPSA) is 122 Å². The first kappa shape index (κ1) is 24.4. The molecule has 1 saturated heterocycles. The molecular formula is C24H30BrN5O4. The van der Waals surface area contributed by atoms with E-state index in [2.05, 4.69) is 36.9 Å². The van der Waals surface area contributed by atoms with Crippen molar-refractivity contribution in [1.29, 1.82) is 0 Å². The molecule has 3 heterocycles. The maximum atomic E-state index is 13.2. The van der Waals surface area contributed by atoms with Gasteiger partial charge in [0.25, 0.3) is 5.91 Å². The SMILES string of the molecule is O=C[C@H](C[C@@H]1CCNC1=O)NC(=O)[C@H](CC1CCCCC1)NC(=O)c1cn2cc(Br)ccc2n1. The van der Waals surface area contributed by atoms with E-state index in [1.807, 2.05) is 6.07 Å². The average Bonchev–Trinajstić information content (AvgIpc) is 3.44. The van der Waals surface area contributed by atoms with E-state index in [0.717, 1.165) is 30.2 Å². The molecule has 2 fully saturated rings. The lowest BCUT2D eigenvalue weighted by atomic mass is 9.84. The van der Waals surface area contributed by atoms with Crippen LogP contribution in [-0.2, 0) is 14.4 Å². The van der Waals surface area contributed by atoms with Crippen LogP contribution in [0.2, 0.25) is 0 Å². The van der Waals surface area contributed by atoms with Crippen molar-refractivity contribution in [1.82, 2.24) is 25.3 Å². The minimum Gasteiger partial charge on any atom is -0.356 e. The molecule has 1 saturated carbocycles. The lowest BCUT2D eigenvalue weighted by molar-refractivity contribution is -0.127. The van der Waals surface area contributed by atoms with Crippen molar-refractivity contribution < 1.29 is 19.2 Å². The van der Waals surface area contributed by atoms with Crippen LogP contribution in [0.3, 0.4) is 0 Å². The largest absolute Gasteiger partial charge is 0.356 e. The van der Waals surface area contributed by atoms with Gasteiger partial charge in [-0.15, -0.1) is 0 Å². The second-order valence-corrected chi connectivity index (χ2v) is 10.2. The third-order valence-electron chi connectivity index (χ3n) is 6.76. The number of amides is 3. The van der Waals surface area contributed by atoms with Crippen molar-refractivity contribution in [3.8, 4) is 0 Å². The third kappa shape index (κ3) is 6.02. The smallest absolute Gasteiger partial charge is 0.272 e. The Balaban J connectivity index is 1.46. The number of hydrogen-bond donors (Lipinski definition) is 3. The van der Waals surface area contributed by atoms with Crippen LogP contribution in [0.15, 0.2) is 29.0 Å². The van der Waals surface area contributed by atoms with Crippen LogP contribution < -0.4 is 16.0 Å². The standard InChI is InChI=1S/C24H30BrN5O4/c25-17-6-7-21-28-20(13-30(21)12-17)24(34)29-19(10-15-4-2-1-3-5-15)23(33)27-18(14-31)11-16-8-9-26-22(16)32/h6-7,12-16,18-19H,1-5,8-11H2,(H,26,32)(H,27,33)(H,29,34)/t16-,18-,19-/m0/s1. The Labute approximate surface area is 206 Å². The molecule has 0 radical (unpaired) electrons. The molecule has 3 amide bonds. The van der Waals surface area contributed by atoms with Crippen LogP contribution in [0.4, 0.5) is 0 Å². The fourth-order valence-corrected chi connectivity index (χ4v) is 5.25. The van der Waals surface area contributed by atoms with Crippen LogP contribution in [0.5, 0.6) is 0 Å². The summed E-state index contributed by atoms with van der Waals surface area (Å²) in [6.07, 6.45) is 10.9. The van der Waals surface area contributed by atoms with Crippen molar-refractivity contribution in [2.24, 2.45) is 11.8 Å². The third-order valence-corrected chi connectivity index (χ3v) is 7.23. The van der Waals surface area contributed by atoms with E-state index in [4.69, 9.17) is 0 Å². The Kier molecular flexibility index (Phi) is 7.97. The molecule has 4 rings (SSSR count). The second-order valence-electron chi connectivity index (χ2n) is 9.27. The number of aromatic nitrogens is 2. The zero-order valence-electron chi connectivity index (χ0n) is 19.0. The van der Waals surface area contributed by atoms with Gasteiger partial charge < -0.3 is 25.1 Å². The van der Waals surface area contributed by atoms with E-state index in [1.165, 1.54) is 6.42 Å². The number of carbonyl (C=O) groups is 4. The lowest BCUT2D eigenvalue weighted by Gasteiger charge is -2.27. The molecule has 0 bridgehead atoms. The van der Waals surface area contributed by atoms with E-state index >= 15 is 0 Å². The van der Waals surface area contributed by atoms with Crippen LogP contribution in [0.1, 0.15) is 61.9 Å². The molecule has 2 aromatic rings. The average molecular weight is 532 g/mol. The van der Waals surface area contributed by atoms with Crippen LogP contribution in [0, 0.1) is 11.8 Å². The van der Waals surface area contributed by atoms with Crippen molar-refractivity contribution in [3.63, 3.8) is 0 Å². The fraction of sp³-hybridized carbons (Fsp3) is 0.542. The molecular weight excluding hydrogens is 502 g/mol. The number of aldehydes is 1. The molecule has 10 heteroatoms. The molecule has 0 spiro atoms. The summed E-state index contributed by atoms with van der Waals surface area (Å²) in [6, 6.07) is 2.07. The molecule has 0 unspecified atom stereocenters. The number of pyridine rings is 1. The zero-order valence-corrected chi connectivity index (χ0v) is 20.6. The molecule has 34 heavy (non-hydrogen) atoms. The predicted octanol–water partition coefficient (Wildman–Crippen LogP) is 2.38. The van der Waals surface area contributed by atoms with Gasteiger partial charge in [-0.2, -0.15) is 0 Å². The Hall–Kier alpha value is -2.75. The highest BCUT2D eigenvalue weighted by molar-refractivity contribution is 9.10. The summed E-state index contributed by atoms with van der Waals surface area (Å²) in [7, 11) is 0. The Morgan fingerprint density at radius 2 is 1.94 bits per heavy atom. The summed E-state index contributed by atoms with van der Waals surface area (Å²) in [5, 5.41) is 8.37. The van der Waals surface area contributed by atoms with Gasteiger partial charge in [0.15, 0.2) is 0 Å². The van der Waals surface area contributed by atoms with Crippen molar-refractivity contribution in [2.75, 3.05) is 6.54 Å². The monoisotopic (exact) mass is 531 g/mol. The van der Waals surface area contributed by atoms with Gasteiger partial charge in [0.2, 0.25) is 11.8 Å². The minimum atomic E-state index is -0.785. The van der Waals surface area contributed by atoms with Crippen LogP contribution >= 0.6 is 15.9 Å². The van der Waals surface area contributed by atoms with Gasteiger partial charge >= 0.3 is 0 Å². The number of hydrogen-bond acceptors (Lipinski definition) is 5. The van der Waals surface area contributed by atoms with Gasteiger partial charge in [0, 0.05) is 29.3 Å². The Morgan fingerprint density at radius 3 is 2.65 bits per heavy atom. The van der Waals surface area contributed by atoms with Gasteiger partial charge in [-0.05, 0) is 53.2 Å². The summed E-state index contributed by atoms with van der Waals surface area (Å²) < 4.78 is 2.60. The second kappa shape index (κ2) is 11.1. The van der Waals surface area contributed by atoms with Crippen LogP contribution in [0.25, 0.3) is 5.65 Å². The number of nitrogens with one attached hydrogen (secondary N) is 3. The summed E-state index contributed by atoms with van der Waals surface area (Å²) in [4.78, 5) is 54.2. The van der Waals surface area contributed by atoms with Gasteiger partial charge in [0.05, 0.1) is 6.04 Å². The number of carbonyl (C=O) groups excluding carboxylic acids is 4. The van der Waals surface area contributed by atoms with E-state index < -0.39 is 23.9 Å². The first-order valence-corrected chi connectivity index (χ1v) is 12.7. The van der Waals surface area contributed by atoms with Crippen molar-refractivity contribution >= 4 is 45.6 Å². The van der Waals surface area contributed by atoms with E-state index in [1.54, 1.807) is 22.9 Å². The normalized spacial score (nSPS) is 20.5. The van der Waals surface area contributed by atoms with Crippen LogP contribution in [-0.4, -0.2) is 52.0 Å². The maximum absolute atomic E-state index is 13.2. The predicted molar refractivity (Wildman–Crippen MR) is 129 cm³/mol. The summed E-state index contributed by atoms with van der Waals surface area (Å²) in [5.41, 5.74) is 0.839. The quantitative estimate of drug-likeness (QED) is 0.429. The number of rotatable bonds is 9. The molecule has 0 aromatic carbocycles. The molecule has 9 nitrogen and oxygen atoms in total. The molecule has 1 aliphatic carbocycles. The first-order chi connectivity index (χ1) is 16.4. The van der Waals surface area contributed by atoms with Gasteiger partial charge in [-0.25, -0.2) is 4.98 Å². The van der Waals surface area contributed by atoms with E-state index in [-0.39, 0.29) is 23.9 Å². The van der Waals surface area contributed by atoms with Gasteiger partial charge in [-0.1, -0.05) is 32.1 Å². The molecule has 2 aromatic heterocycles. The van der Waals surface area contributed by atoms with E-state index in [0.29, 0.717) is 37.2 Å². The number of imidazole rings is 1. The molecule has 3 atom stereocenters. The summed E-state index contributed by atoms with van der Waals surface area (Å²) in [5.74, 6) is -0.891.